The lowest BCUT2D eigenvalue weighted by Crippen LogP contribution is -1.91. The van der Waals surface area contributed by atoms with Crippen LogP contribution in [0.3, 0.4) is 0 Å². The van der Waals surface area contributed by atoms with Gasteiger partial charge in [0.15, 0.2) is 0 Å². The van der Waals surface area contributed by atoms with Crippen molar-refractivity contribution in [1.29, 1.82) is 0 Å². The van der Waals surface area contributed by atoms with Gasteiger partial charge in [-0.05, 0) is 91.0 Å². The summed E-state index contributed by atoms with van der Waals surface area (Å²) in [6.45, 7) is 0. The maximum absolute atomic E-state index is 11.3. The van der Waals surface area contributed by atoms with Crippen LogP contribution in [0.5, 0.6) is 0 Å². The van der Waals surface area contributed by atoms with Crippen LogP contribution >= 0.6 is 0 Å². The second-order valence-corrected chi connectivity index (χ2v) is 8.35. The van der Waals surface area contributed by atoms with Crippen molar-refractivity contribution in [3.8, 4) is 11.3 Å². The molecule has 2 aliphatic rings. The molecule has 37 heavy (non-hydrogen) atoms. The zero-order chi connectivity index (χ0) is 25.2. The van der Waals surface area contributed by atoms with Crippen LogP contribution in [0.2, 0.25) is 0 Å². The zero-order valence-electron chi connectivity index (χ0n) is 19.4. The fraction of sp³-hybridized carbons (Fsp3) is 0. The molecule has 0 radical (unpaired) electrons. The first-order valence-corrected chi connectivity index (χ1v) is 11.5. The molecule has 5 aromatic rings. The highest BCUT2D eigenvalue weighted by Crippen LogP contribution is 2.29. The largest absolute Gasteiger partial charge is 0.475 e. The summed E-state index contributed by atoms with van der Waals surface area (Å²) >= 11 is 0. The Morgan fingerprint density at radius 1 is 0.703 bits per heavy atom. The van der Waals surface area contributed by atoms with Crippen LogP contribution in [-0.4, -0.2) is 31.0 Å². The first kappa shape index (κ1) is 22.1. The van der Waals surface area contributed by atoms with Crippen LogP contribution in [0.15, 0.2) is 88.1 Å². The Kier molecular flexibility index (Phi) is 5.59. The number of aromatic amines is 2. The van der Waals surface area contributed by atoms with Crippen molar-refractivity contribution in [2.45, 2.75) is 0 Å². The SMILES string of the molecule is O=C(O)c1ccc(-c2cc3cc4nc(cc5ccc(cc6nc(cc2[nH]3)C=C6)[nH]5)C=C4)o1.c1ccoc1. The van der Waals surface area contributed by atoms with Crippen molar-refractivity contribution in [3.05, 3.63) is 108 Å². The summed E-state index contributed by atoms with van der Waals surface area (Å²) in [4.78, 5) is 27.3. The normalized spacial score (nSPS) is 11.8. The van der Waals surface area contributed by atoms with E-state index in [4.69, 9.17) is 4.42 Å². The number of H-pyrrole nitrogens is 2. The molecule has 0 spiro atoms. The van der Waals surface area contributed by atoms with Crippen LogP contribution in [-0.2, 0) is 0 Å². The number of nitrogens with zero attached hydrogens (tertiary/aromatic N) is 2. The summed E-state index contributed by atoms with van der Waals surface area (Å²) in [5, 5.41) is 9.22. The Balaban J connectivity index is 0.000000453. The zero-order valence-corrected chi connectivity index (χ0v) is 19.4. The lowest BCUT2D eigenvalue weighted by atomic mass is 10.2. The van der Waals surface area contributed by atoms with Crippen molar-refractivity contribution >= 4 is 52.3 Å². The van der Waals surface area contributed by atoms with Crippen molar-refractivity contribution < 1.29 is 18.7 Å². The molecule has 0 aliphatic carbocycles. The van der Waals surface area contributed by atoms with Gasteiger partial charge in [0.1, 0.15) is 5.76 Å². The molecule has 7 heterocycles. The van der Waals surface area contributed by atoms with Gasteiger partial charge in [-0.25, -0.2) is 14.8 Å². The quantitative estimate of drug-likeness (QED) is 0.244. The molecule has 0 unspecified atom stereocenters. The number of rotatable bonds is 2. The van der Waals surface area contributed by atoms with E-state index in [1.807, 2.05) is 78.9 Å². The average Bonchev–Trinajstić information content (AvgIpc) is 3.70. The van der Waals surface area contributed by atoms with Gasteiger partial charge < -0.3 is 23.9 Å². The molecule has 0 saturated heterocycles. The van der Waals surface area contributed by atoms with Crippen LogP contribution < -0.4 is 0 Å². The predicted molar refractivity (Wildman–Crippen MR) is 142 cm³/mol. The van der Waals surface area contributed by atoms with Crippen molar-refractivity contribution in [2.75, 3.05) is 0 Å². The second kappa shape index (κ2) is 9.35. The molecule has 7 rings (SSSR count). The fourth-order valence-corrected chi connectivity index (χ4v) is 4.05. The molecule has 0 amide bonds. The molecule has 8 bridgehead atoms. The Labute approximate surface area is 210 Å². The van der Waals surface area contributed by atoms with Crippen molar-refractivity contribution in [3.63, 3.8) is 0 Å². The van der Waals surface area contributed by atoms with Gasteiger partial charge in [-0.15, -0.1) is 0 Å². The number of aromatic nitrogens is 4. The summed E-state index contributed by atoms with van der Waals surface area (Å²) in [7, 11) is 0. The van der Waals surface area contributed by atoms with Gasteiger partial charge >= 0.3 is 5.97 Å². The van der Waals surface area contributed by atoms with Crippen LogP contribution in [0.1, 0.15) is 33.3 Å². The molecule has 3 N–H and O–H groups in total. The summed E-state index contributed by atoms with van der Waals surface area (Å²) in [6.07, 6.45) is 11.0. The Hall–Kier alpha value is -5.37. The number of furan rings is 2. The van der Waals surface area contributed by atoms with Gasteiger partial charge in [-0.1, -0.05) is 0 Å². The molecule has 2 aliphatic heterocycles. The lowest BCUT2D eigenvalue weighted by molar-refractivity contribution is 0.0663. The fourth-order valence-electron chi connectivity index (χ4n) is 4.05. The highest BCUT2D eigenvalue weighted by atomic mass is 16.4. The molecule has 8 heteroatoms. The van der Waals surface area contributed by atoms with Gasteiger partial charge in [0.05, 0.1) is 40.8 Å². The molecule has 5 aromatic heterocycles. The average molecular weight is 489 g/mol. The molecular formula is C29H20N4O4. The Morgan fingerprint density at radius 2 is 1.30 bits per heavy atom. The molecule has 180 valence electrons. The number of nitrogens with one attached hydrogen (secondary N) is 2. The number of carboxylic acids is 1. The van der Waals surface area contributed by atoms with Gasteiger partial charge in [-0.2, -0.15) is 0 Å². The third-order valence-corrected chi connectivity index (χ3v) is 5.68. The Morgan fingerprint density at radius 3 is 1.84 bits per heavy atom. The van der Waals surface area contributed by atoms with E-state index in [1.54, 1.807) is 18.6 Å². The van der Waals surface area contributed by atoms with E-state index in [0.717, 1.165) is 50.4 Å². The molecule has 0 fully saturated rings. The van der Waals surface area contributed by atoms with Crippen molar-refractivity contribution in [2.24, 2.45) is 0 Å². The molecule has 8 nitrogen and oxygen atoms in total. The monoisotopic (exact) mass is 488 g/mol. The van der Waals surface area contributed by atoms with E-state index >= 15 is 0 Å². The number of carboxylic acid groups (broad SMARTS) is 1. The van der Waals surface area contributed by atoms with E-state index in [2.05, 4.69) is 24.4 Å². The minimum absolute atomic E-state index is 0.109. The van der Waals surface area contributed by atoms with E-state index in [0.29, 0.717) is 5.76 Å². The molecule has 0 atom stereocenters. The first-order chi connectivity index (χ1) is 18.1. The molecule has 0 aromatic carbocycles. The van der Waals surface area contributed by atoms with E-state index in [9.17, 15) is 9.90 Å². The Bertz CT molecular complexity index is 1800. The predicted octanol–water partition coefficient (Wildman–Crippen LogP) is 6.89. The topological polar surface area (TPSA) is 121 Å². The van der Waals surface area contributed by atoms with Crippen molar-refractivity contribution in [1.82, 2.24) is 19.9 Å². The highest BCUT2D eigenvalue weighted by Gasteiger charge is 2.13. The summed E-state index contributed by atoms with van der Waals surface area (Å²) in [5.41, 5.74) is 7.49. The lowest BCUT2D eigenvalue weighted by Gasteiger charge is -1.93. The van der Waals surface area contributed by atoms with Gasteiger partial charge in [0.2, 0.25) is 5.76 Å². The van der Waals surface area contributed by atoms with Gasteiger partial charge in [0, 0.05) is 22.1 Å². The summed E-state index contributed by atoms with van der Waals surface area (Å²) < 4.78 is 10.1. The van der Waals surface area contributed by atoms with E-state index in [1.165, 1.54) is 6.07 Å². The molecule has 0 saturated carbocycles. The summed E-state index contributed by atoms with van der Waals surface area (Å²) in [6, 6.07) is 20.5. The van der Waals surface area contributed by atoms with Gasteiger partial charge in [-0.3, -0.25) is 0 Å². The van der Waals surface area contributed by atoms with Crippen LogP contribution in [0.4, 0.5) is 0 Å². The number of aromatic carboxylic acids is 1. The van der Waals surface area contributed by atoms with Crippen LogP contribution in [0, 0.1) is 0 Å². The minimum atomic E-state index is -1.11. The number of hydrogen-bond donors (Lipinski definition) is 3. The number of fused-ring (bicyclic) bond motifs is 8. The molecular weight excluding hydrogens is 468 g/mol. The van der Waals surface area contributed by atoms with Crippen LogP contribution in [0.25, 0.3) is 57.7 Å². The van der Waals surface area contributed by atoms with E-state index in [-0.39, 0.29) is 5.76 Å². The smallest absolute Gasteiger partial charge is 0.371 e. The third kappa shape index (κ3) is 4.89. The number of carbonyl (C=O) groups is 1. The minimum Gasteiger partial charge on any atom is -0.475 e. The third-order valence-electron chi connectivity index (χ3n) is 5.68. The maximum atomic E-state index is 11.3. The standard InChI is InChI=1S/C25H16N4O3.C4H4O/c30-25(31)24-8-7-23(32-24)21-12-20-11-18-4-3-16(27-18)9-14-1-2-15(26-14)10-17-5-6-19(28-17)13-22(21)29-20;1-2-4-5-3-1/h1-13,26,29H,(H,30,31);1-4H. The van der Waals surface area contributed by atoms with Gasteiger partial charge in [0.25, 0.3) is 0 Å². The van der Waals surface area contributed by atoms with E-state index < -0.39 is 5.97 Å². The summed E-state index contributed by atoms with van der Waals surface area (Å²) in [5.74, 6) is -0.754. The maximum Gasteiger partial charge on any atom is 0.371 e. The number of hydrogen-bond acceptors (Lipinski definition) is 5. The highest BCUT2D eigenvalue weighted by molar-refractivity contribution is 5.89. The second-order valence-electron chi connectivity index (χ2n) is 8.35. The first-order valence-electron chi connectivity index (χ1n) is 11.5.